The van der Waals surface area contributed by atoms with Crippen molar-refractivity contribution in [1.82, 2.24) is 9.97 Å². The number of hydrogen-bond donors (Lipinski definition) is 1. The highest BCUT2D eigenvalue weighted by atomic mass is 32.2. The Balaban J connectivity index is 1.99. The molecule has 0 saturated heterocycles. The number of hydrogen-bond acceptors (Lipinski definition) is 6. The summed E-state index contributed by atoms with van der Waals surface area (Å²) in [6, 6.07) is 10.3. The summed E-state index contributed by atoms with van der Waals surface area (Å²) in [7, 11) is -3.45. The number of nitrogens with zero attached hydrogens (tertiary/aromatic N) is 2. The number of nitrogens with one attached hydrogen (secondary N) is 1. The minimum Gasteiger partial charge on any atom is -0.455 e. The zero-order valence-electron chi connectivity index (χ0n) is 18.1. The third-order valence-electron chi connectivity index (χ3n) is 4.67. The summed E-state index contributed by atoms with van der Waals surface area (Å²) in [5.74, 6) is 0.487. The summed E-state index contributed by atoms with van der Waals surface area (Å²) in [4.78, 5) is 21.2. The summed E-state index contributed by atoms with van der Waals surface area (Å²) < 4.78 is 29.6. The molecule has 0 aliphatic heterocycles. The summed E-state index contributed by atoms with van der Waals surface area (Å²) >= 11 is 0. The molecule has 0 unspecified atom stereocenters. The summed E-state index contributed by atoms with van der Waals surface area (Å²) in [5.41, 5.74) is 2.13. The van der Waals surface area contributed by atoms with Crippen LogP contribution in [0.3, 0.4) is 0 Å². The Morgan fingerprint density at radius 1 is 1.06 bits per heavy atom. The molecule has 1 amide bonds. The average molecular weight is 440 g/mol. The Hall–Kier alpha value is -3.26. The Kier molecular flexibility index (Phi) is 6.13. The van der Waals surface area contributed by atoms with Crippen LogP contribution < -0.4 is 10.1 Å². The Morgan fingerprint density at radius 2 is 1.81 bits per heavy atom. The molecule has 0 spiro atoms. The number of rotatable bonds is 5. The predicted octanol–water partition coefficient (Wildman–Crippen LogP) is 4.53. The van der Waals surface area contributed by atoms with Crippen molar-refractivity contribution in [2.45, 2.75) is 38.0 Å². The molecular formula is C23H25N3O4S. The van der Waals surface area contributed by atoms with Crippen molar-refractivity contribution in [2.75, 3.05) is 11.6 Å². The number of anilines is 1. The molecule has 3 rings (SSSR count). The summed E-state index contributed by atoms with van der Waals surface area (Å²) in [6.45, 7) is 8.04. The van der Waals surface area contributed by atoms with Crippen molar-refractivity contribution in [1.29, 1.82) is 0 Å². The topological polar surface area (TPSA) is 98.2 Å². The van der Waals surface area contributed by atoms with Crippen molar-refractivity contribution < 1.29 is 17.9 Å². The van der Waals surface area contributed by atoms with E-state index in [0.717, 1.165) is 11.8 Å². The number of pyridine rings is 2. The Morgan fingerprint density at radius 3 is 2.45 bits per heavy atom. The minimum absolute atomic E-state index is 0.0239. The van der Waals surface area contributed by atoms with Crippen LogP contribution in [0.1, 0.15) is 42.4 Å². The summed E-state index contributed by atoms with van der Waals surface area (Å²) in [6.07, 6.45) is 5.39. The van der Waals surface area contributed by atoms with Crippen molar-refractivity contribution in [3.05, 3.63) is 71.8 Å². The number of carbonyl (C=O) groups is 1. The highest BCUT2D eigenvalue weighted by Crippen LogP contribution is 2.33. The van der Waals surface area contributed by atoms with E-state index in [1.165, 1.54) is 18.5 Å². The van der Waals surface area contributed by atoms with Crippen LogP contribution in [0.25, 0.3) is 0 Å². The van der Waals surface area contributed by atoms with Gasteiger partial charge in [-0.1, -0.05) is 26.8 Å². The van der Waals surface area contributed by atoms with Crippen LogP contribution in [-0.4, -0.2) is 30.5 Å². The molecule has 0 bridgehead atoms. The summed E-state index contributed by atoms with van der Waals surface area (Å²) in [5, 5.41) is 2.71. The van der Waals surface area contributed by atoms with Crippen LogP contribution in [0.2, 0.25) is 0 Å². The fourth-order valence-electron chi connectivity index (χ4n) is 2.85. The van der Waals surface area contributed by atoms with Crippen LogP contribution in [0, 0.1) is 6.92 Å². The van der Waals surface area contributed by atoms with Gasteiger partial charge in [-0.25, -0.2) is 8.42 Å². The van der Waals surface area contributed by atoms with Gasteiger partial charge in [0.2, 0.25) is 0 Å². The van der Waals surface area contributed by atoms with Crippen molar-refractivity contribution in [3.8, 4) is 11.5 Å². The lowest BCUT2D eigenvalue weighted by molar-refractivity contribution is 0.102. The third-order valence-corrected chi connectivity index (χ3v) is 5.75. The first kappa shape index (κ1) is 22.4. The molecule has 1 N–H and O–H groups in total. The number of ether oxygens (including phenoxy) is 1. The monoisotopic (exact) mass is 439 g/mol. The largest absolute Gasteiger partial charge is 0.455 e. The van der Waals surface area contributed by atoms with Gasteiger partial charge in [-0.05, 0) is 48.2 Å². The zero-order valence-corrected chi connectivity index (χ0v) is 18.9. The molecular weight excluding hydrogens is 414 g/mol. The van der Waals surface area contributed by atoms with Gasteiger partial charge in [0.1, 0.15) is 11.5 Å². The number of amides is 1. The fourth-order valence-corrected chi connectivity index (χ4v) is 3.44. The Bertz CT molecular complexity index is 1230. The first-order valence-electron chi connectivity index (χ1n) is 9.65. The van der Waals surface area contributed by atoms with E-state index in [1.54, 1.807) is 24.4 Å². The number of sulfone groups is 1. The van der Waals surface area contributed by atoms with Crippen LogP contribution >= 0.6 is 0 Å². The normalized spacial score (nSPS) is 11.8. The molecule has 0 aliphatic rings. The molecule has 2 aromatic heterocycles. The van der Waals surface area contributed by atoms with Gasteiger partial charge in [-0.3, -0.25) is 14.8 Å². The van der Waals surface area contributed by atoms with Gasteiger partial charge in [0, 0.05) is 18.6 Å². The van der Waals surface area contributed by atoms with E-state index in [9.17, 15) is 13.2 Å². The maximum absolute atomic E-state index is 13.0. The van der Waals surface area contributed by atoms with Crippen molar-refractivity contribution in [2.24, 2.45) is 0 Å². The molecule has 31 heavy (non-hydrogen) atoms. The highest BCUT2D eigenvalue weighted by molar-refractivity contribution is 7.90. The number of aryl methyl sites for hydroxylation is 1. The van der Waals surface area contributed by atoms with Crippen LogP contribution in [0.4, 0.5) is 5.69 Å². The first-order chi connectivity index (χ1) is 14.4. The molecule has 162 valence electrons. The van der Waals surface area contributed by atoms with Crippen molar-refractivity contribution >= 4 is 21.4 Å². The lowest BCUT2D eigenvalue weighted by Crippen LogP contribution is -2.16. The second kappa shape index (κ2) is 8.47. The Labute approximate surface area is 182 Å². The predicted molar refractivity (Wildman–Crippen MR) is 119 cm³/mol. The SMILES string of the molecule is Cc1ncccc1Oc1cc(C(C)(C)C)ccc1C(=O)Nc1cncc(S(C)(=O)=O)c1. The van der Waals surface area contributed by atoms with Gasteiger partial charge < -0.3 is 10.1 Å². The molecule has 0 radical (unpaired) electrons. The molecule has 1 aromatic carbocycles. The van der Waals surface area contributed by atoms with Gasteiger partial charge in [-0.2, -0.15) is 0 Å². The third kappa shape index (κ3) is 5.46. The van der Waals surface area contributed by atoms with Crippen LogP contribution in [0.15, 0.2) is 59.9 Å². The van der Waals surface area contributed by atoms with Gasteiger partial charge in [0.05, 0.1) is 28.0 Å². The zero-order chi connectivity index (χ0) is 22.8. The smallest absolute Gasteiger partial charge is 0.259 e. The van der Waals surface area contributed by atoms with Gasteiger partial charge in [0.15, 0.2) is 9.84 Å². The van der Waals surface area contributed by atoms with E-state index >= 15 is 0 Å². The van der Waals surface area contributed by atoms with E-state index < -0.39 is 15.7 Å². The second-order valence-corrected chi connectivity index (χ2v) is 10.3. The van der Waals surface area contributed by atoms with E-state index in [4.69, 9.17) is 4.74 Å². The quantitative estimate of drug-likeness (QED) is 0.627. The van der Waals surface area contributed by atoms with Gasteiger partial charge >= 0.3 is 0 Å². The van der Waals surface area contributed by atoms with Gasteiger partial charge in [-0.15, -0.1) is 0 Å². The number of benzene rings is 1. The lowest BCUT2D eigenvalue weighted by Gasteiger charge is -2.21. The van der Waals surface area contributed by atoms with E-state index in [2.05, 4.69) is 36.1 Å². The first-order valence-corrected chi connectivity index (χ1v) is 11.5. The highest BCUT2D eigenvalue weighted by Gasteiger charge is 2.21. The van der Waals surface area contributed by atoms with E-state index in [-0.39, 0.29) is 16.0 Å². The lowest BCUT2D eigenvalue weighted by atomic mass is 9.86. The molecule has 3 aromatic rings. The van der Waals surface area contributed by atoms with E-state index in [0.29, 0.717) is 22.8 Å². The molecule has 0 atom stereocenters. The van der Waals surface area contributed by atoms with E-state index in [1.807, 2.05) is 19.1 Å². The molecule has 0 aliphatic carbocycles. The maximum atomic E-state index is 13.0. The van der Waals surface area contributed by atoms with Crippen LogP contribution in [0.5, 0.6) is 11.5 Å². The molecule has 2 heterocycles. The second-order valence-electron chi connectivity index (χ2n) is 8.29. The van der Waals surface area contributed by atoms with Crippen molar-refractivity contribution in [3.63, 3.8) is 0 Å². The molecule has 7 nitrogen and oxygen atoms in total. The minimum atomic E-state index is -3.45. The van der Waals surface area contributed by atoms with Gasteiger partial charge in [0.25, 0.3) is 5.91 Å². The maximum Gasteiger partial charge on any atom is 0.259 e. The average Bonchev–Trinajstić information content (AvgIpc) is 2.68. The molecule has 0 saturated carbocycles. The standard InChI is InChI=1S/C23H25N3O4S/c1-15-20(7-6-10-25-15)30-21-11-16(23(2,3)4)8-9-19(21)22(27)26-17-12-18(14-24-13-17)31(5,28)29/h6-14H,1-5H3,(H,26,27). The number of carbonyl (C=O) groups excluding carboxylic acids is 1. The fraction of sp³-hybridized carbons (Fsp3) is 0.261. The van der Waals surface area contributed by atoms with Crippen LogP contribution in [-0.2, 0) is 15.3 Å². The number of aromatic nitrogens is 2. The molecule has 0 fully saturated rings. The molecule has 8 heteroatoms.